The molecule has 6 heteroatoms. The zero-order valence-corrected chi connectivity index (χ0v) is 9.65. The third-order valence-corrected chi connectivity index (χ3v) is 2.00. The van der Waals surface area contributed by atoms with Gasteiger partial charge in [0.25, 0.3) is 0 Å². The van der Waals surface area contributed by atoms with E-state index in [1.807, 2.05) is 6.92 Å². The summed E-state index contributed by atoms with van der Waals surface area (Å²) in [7, 11) is 1.51. The highest BCUT2D eigenvalue weighted by atomic mass is 16.4. The second-order valence-corrected chi connectivity index (χ2v) is 3.49. The number of amides is 2. The molecule has 0 aromatic heterocycles. The summed E-state index contributed by atoms with van der Waals surface area (Å²) in [5, 5.41) is 10.9. The van der Waals surface area contributed by atoms with Crippen LogP contribution < -0.4 is 5.32 Å². The first-order valence-electron chi connectivity index (χ1n) is 5.19. The number of carboxylic acids is 1. The molecular formula is C10H18N2O4. The molecule has 0 atom stereocenters. The number of nitrogens with zero attached hydrogens (tertiary/aromatic N) is 1. The fraction of sp³-hybridized carbons (Fsp3) is 0.700. The van der Waals surface area contributed by atoms with Crippen molar-refractivity contribution in [1.29, 1.82) is 0 Å². The van der Waals surface area contributed by atoms with Crippen LogP contribution in [-0.2, 0) is 14.4 Å². The SMILES string of the molecule is CCCC(=O)NCC(=O)N(C)CCC(=O)O. The summed E-state index contributed by atoms with van der Waals surface area (Å²) in [5.41, 5.74) is 0. The van der Waals surface area contributed by atoms with E-state index in [2.05, 4.69) is 5.32 Å². The van der Waals surface area contributed by atoms with Crippen LogP contribution in [0.2, 0.25) is 0 Å². The summed E-state index contributed by atoms with van der Waals surface area (Å²) in [5.74, 6) is -1.40. The topological polar surface area (TPSA) is 86.7 Å². The third kappa shape index (κ3) is 6.80. The highest BCUT2D eigenvalue weighted by molar-refractivity contribution is 5.84. The normalized spacial score (nSPS) is 9.62. The molecule has 0 aliphatic rings. The molecule has 0 aromatic rings. The van der Waals surface area contributed by atoms with Crippen molar-refractivity contribution in [2.24, 2.45) is 0 Å². The first-order chi connectivity index (χ1) is 7.47. The Morgan fingerprint density at radius 2 is 1.88 bits per heavy atom. The molecule has 6 nitrogen and oxygen atoms in total. The summed E-state index contributed by atoms with van der Waals surface area (Å²) >= 11 is 0. The van der Waals surface area contributed by atoms with Crippen LogP contribution in [0.5, 0.6) is 0 Å². The van der Waals surface area contributed by atoms with E-state index in [-0.39, 0.29) is 31.3 Å². The Balaban J connectivity index is 3.78. The zero-order chi connectivity index (χ0) is 12.6. The van der Waals surface area contributed by atoms with E-state index in [0.717, 1.165) is 6.42 Å². The van der Waals surface area contributed by atoms with Crippen molar-refractivity contribution in [3.63, 3.8) is 0 Å². The molecule has 0 saturated heterocycles. The van der Waals surface area contributed by atoms with E-state index < -0.39 is 5.97 Å². The lowest BCUT2D eigenvalue weighted by Gasteiger charge is -2.16. The van der Waals surface area contributed by atoms with Crippen molar-refractivity contribution < 1.29 is 19.5 Å². The van der Waals surface area contributed by atoms with Gasteiger partial charge in [0, 0.05) is 20.0 Å². The molecule has 0 fully saturated rings. The lowest BCUT2D eigenvalue weighted by atomic mass is 10.3. The number of hydrogen-bond acceptors (Lipinski definition) is 3. The van der Waals surface area contributed by atoms with Gasteiger partial charge in [-0.2, -0.15) is 0 Å². The van der Waals surface area contributed by atoms with Gasteiger partial charge in [0.2, 0.25) is 11.8 Å². The molecule has 0 unspecified atom stereocenters. The van der Waals surface area contributed by atoms with Crippen molar-refractivity contribution in [2.75, 3.05) is 20.1 Å². The van der Waals surface area contributed by atoms with Gasteiger partial charge in [-0.3, -0.25) is 14.4 Å². The van der Waals surface area contributed by atoms with Crippen molar-refractivity contribution >= 4 is 17.8 Å². The van der Waals surface area contributed by atoms with Crippen LogP contribution in [0.1, 0.15) is 26.2 Å². The molecule has 0 rings (SSSR count). The van der Waals surface area contributed by atoms with Crippen LogP contribution in [0.3, 0.4) is 0 Å². The highest BCUT2D eigenvalue weighted by Crippen LogP contribution is 1.90. The van der Waals surface area contributed by atoms with Gasteiger partial charge in [-0.25, -0.2) is 0 Å². The summed E-state index contributed by atoms with van der Waals surface area (Å²) in [6.07, 6.45) is 1.03. The molecule has 0 aromatic carbocycles. The average molecular weight is 230 g/mol. The number of aliphatic carboxylic acids is 1. The minimum atomic E-state index is -0.949. The summed E-state index contributed by atoms with van der Waals surface area (Å²) in [6.45, 7) is 1.95. The molecule has 16 heavy (non-hydrogen) atoms. The zero-order valence-electron chi connectivity index (χ0n) is 9.65. The maximum absolute atomic E-state index is 11.4. The van der Waals surface area contributed by atoms with Crippen molar-refractivity contribution in [1.82, 2.24) is 10.2 Å². The van der Waals surface area contributed by atoms with Gasteiger partial charge in [0.05, 0.1) is 13.0 Å². The lowest BCUT2D eigenvalue weighted by Crippen LogP contribution is -2.38. The number of hydrogen-bond donors (Lipinski definition) is 2. The van der Waals surface area contributed by atoms with E-state index in [9.17, 15) is 14.4 Å². The first kappa shape index (κ1) is 14.4. The van der Waals surface area contributed by atoms with Crippen LogP contribution in [0.15, 0.2) is 0 Å². The first-order valence-corrected chi connectivity index (χ1v) is 5.19. The standard InChI is InChI=1S/C10H18N2O4/c1-3-4-8(13)11-7-9(14)12(2)6-5-10(15)16/h3-7H2,1-2H3,(H,11,13)(H,15,16). The monoisotopic (exact) mass is 230 g/mol. The third-order valence-electron chi connectivity index (χ3n) is 2.00. The van der Waals surface area contributed by atoms with Crippen molar-refractivity contribution in [3.8, 4) is 0 Å². The maximum atomic E-state index is 11.4. The fourth-order valence-electron chi connectivity index (χ4n) is 1.01. The van der Waals surface area contributed by atoms with E-state index >= 15 is 0 Å². The number of carboxylic acid groups (broad SMARTS) is 1. The molecule has 0 heterocycles. The number of rotatable bonds is 7. The average Bonchev–Trinajstić information content (AvgIpc) is 2.22. The quantitative estimate of drug-likeness (QED) is 0.636. The van der Waals surface area contributed by atoms with Crippen molar-refractivity contribution in [2.45, 2.75) is 26.2 Å². The Labute approximate surface area is 94.6 Å². The predicted molar refractivity (Wildman–Crippen MR) is 57.8 cm³/mol. The van der Waals surface area contributed by atoms with E-state index in [1.165, 1.54) is 11.9 Å². The Morgan fingerprint density at radius 1 is 1.25 bits per heavy atom. The lowest BCUT2D eigenvalue weighted by molar-refractivity contribution is -0.138. The van der Waals surface area contributed by atoms with E-state index in [0.29, 0.717) is 6.42 Å². The maximum Gasteiger partial charge on any atom is 0.305 e. The molecule has 2 amide bonds. The summed E-state index contributed by atoms with van der Waals surface area (Å²) in [6, 6.07) is 0. The van der Waals surface area contributed by atoms with Crippen LogP contribution in [0.4, 0.5) is 0 Å². The molecule has 0 aliphatic carbocycles. The van der Waals surface area contributed by atoms with Gasteiger partial charge in [-0.05, 0) is 6.42 Å². The smallest absolute Gasteiger partial charge is 0.305 e. The van der Waals surface area contributed by atoms with E-state index in [1.54, 1.807) is 0 Å². The van der Waals surface area contributed by atoms with Gasteiger partial charge in [0.1, 0.15) is 0 Å². The van der Waals surface area contributed by atoms with Crippen LogP contribution in [0, 0.1) is 0 Å². The fourth-order valence-corrected chi connectivity index (χ4v) is 1.01. The Morgan fingerprint density at radius 3 is 2.38 bits per heavy atom. The molecule has 92 valence electrons. The number of nitrogens with one attached hydrogen (secondary N) is 1. The van der Waals surface area contributed by atoms with Crippen LogP contribution in [-0.4, -0.2) is 47.9 Å². The predicted octanol–water partition coefficient (Wildman–Crippen LogP) is -0.164. The Hall–Kier alpha value is -1.59. The van der Waals surface area contributed by atoms with Gasteiger partial charge in [-0.15, -0.1) is 0 Å². The van der Waals surface area contributed by atoms with E-state index in [4.69, 9.17) is 5.11 Å². The largest absolute Gasteiger partial charge is 0.481 e. The summed E-state index contributed by atoms with van der Waals surface area (Å²) < 4.78 is 0. The Kier molecular flexibility index (Phi) is 6.91. The molecule has 0 saturated carbocycles. The van der Waals surface area contributed by atoms with Gasteiger partial charge < -0.3 is 15.3 Å². The van der Waals surface area contributed by atoms with Crippen molar-refractivity contribution in [3.05, 3.63) is 0 Å². The highest BCUT2D eigenvalue weighted by Gasteiger charge is 2.10. The number of carbonyl (C=O) groups excluding carboxylic acids is 2. The van der Waals surface area contributed by atoms with Crippen LogP contribution in [0.25, 0.3) is 0 Å². The number of carbonyl (C=O) groups is 3. The second kappa shape index (κ2) is 7.67. The second-order valence-electron chi connectivity index (χ2n) is 3.49. The molecule has 2 N–H and O–H groups in total. The van der Waals surface area contributed by atoms with Gasteiger partial charge in [-0.1, -0.05) is 6.92 Å². The minimum Gasteiger partial charge on any atom is -0.481 e. The number of likely N-dealkylation sites (N-methyl/N-ethyl adjacent to an activating group) is 1. The molecule has 0 spiro atoms. The van der Waals surface area contributed by atoms with Gasteiger partial charge in [0.15, 0.2) is 0 Å². The Bertz CT molecular complexity index is 266. The minimum absolute atomic E-state index is 0.0745. The van der Waals surface area contributed by atoms with Gasteiger partial charge >= 0.3 is 5.97 Å². The molecular weight excluding hydrogens is 212 g/mol. The summed E-state index contributed by atoms with van der Waals surface area (Å²) in [4.78, 5) is 34.0. The molecule has 0 radical (unpaired) electrons. The van der Waals surface area contributed by atoms with Crippen LogP contribution >= 0.6 is 0 Å². The molecule has 0 bridgehead atoms. The molecule has 0 aliphatic heterocycles.